The topological polar surface area (TPSA) is 107 Å². The molecule has 46 heavy (non-hydrogen) atoms. The minimum Gasteiger partial charge on any atom is -0.366 e. The van der Waals surface area contributed by atoms with Crippen molar-refractivity contribution in [2.75, 3.05) is 32.7 Å². The molecule has 1 unspecified atom stereocenters. The van der Waals surface area contributed by atoms with E-state index in [1.165, 1.54) is 16.7 Å². The summed E-state index contributed by atoms with van der Waals surface area (Å²) in [6.45, 7) is 15.5. The van der Waals surface area contributed by atoms with E-state index in [-0.39, 0.29) is 10.8 Å². The molecule has 5 rings (SSSR count). The van der Waals surface area contributed by atoms with Crippen LogP contribution in [0.1, 0.15) is 67.9 Å². The molecule has 1 aliphatic heterocycles. The average Bonchev–Trinajstić information content (AvgIpc) is 3.66. The molecular weight excluding hydrogens is 576 g/mol. The summed E-state index contributed by atoms with van der Waals surface area (Å²) in [6.07, 6.45) is 6.24. The molecule has 242 valence electrons. The molecule has 1 amide bonds. The second kappa shape index (κ2) is 13.8. The van der Waals surface area contributed by atoms with Crippen LogP contribution in [0.4, 0.5) is 0 Å². The van der Waals surface area contributed by atoms with Crippen LogP contribution >= 0.6 is 0 Å². The van der Waals surface area contributed by atoms with Crippen molar-refractivity contribution in [2.24, 2.45) is 0 Å². The van der Waals surface area contributed by atoms with Crippen LogP contribution in [0.25, 0.3) is 22.2 Å². The van der Waals surface area contributed by atoms with Gasteiger partial charge in [-0.15, -0.1) is 0 Å². The molecule has 1 saturated heterocycles. The van der Waals surface area contributed by atoms with Crippen LogP contribution in [0.15, 0.2) is 72.9 Å². The maximum atomic E-state index is 13.6. The molecule has 4 aromatic rings. The first kappa shape index (κ1) is 32.7. The molecule has 0 bridgehead atoms. The number of nitrogens with zero attached hydrogens (tertiary/aromatic N) is 4. The van der Waals surface area contributed by atoms with E-state index in [1.54, 1.807) is 12.4 Å². The molecule has 3 heterocycles. The number of nitrogens with one attached hydrogen (secondary N) is 2. The van der Waals surface area contributed by atoms with Gasteiger partial charge in [0.2, 0.25) is 5.91 Å². The van der Waals surface area contributed by atoms with Crippen LogP contribution in [0.3, 0.4) is 0 Å². The molecule has 2 N–H and O–H groups in total. The zero-order valence-electron chi connectivity index (χ0n) is 27.9. The molecule has 1 fully saturated rings. The molecule has 2 aromatic carbocycles. The lowest BCUT2D eigenvalue weighted by molar-refractivity contribution is -0.404. The van der Waals surface area contributed by atoms with Crippen LogP contribution in [-0.2, 0) is 16.6 Å². The van der Waals surface area contributed by atoms with Gasteiger partial charge in [0.15, 0.2) is 5.82 Å². The smallest absolute Gasteiger partial charge is 0.274 e. The lowest BCUT2D eigenvalue weighted by Crippen LogP contribution is -2.43. The number of nitro groups is 1. The predicted octanol–water partition coefficient (Wildman–Crippen LogP) is 6.69. The summed E-state index contributed by atoms with van der Waals surface area (Å²) in [4.78, 5) is 36.6. The van der Waals surface area contributed by atoms with Gasteiger partial charge in [0.05, 0.1) is 10.3 Å². The van der Waals surface area contributed by atoms with Crippen molar-refractivity contribution >= 4 is 16.8 Å². The van der Waals surface area contributed by atoms with E-state index in [1.807, 2.05) is 44.7 Å². The maximum absolute atomic E-state index is 13.6. The van der Waals surface area contributed by atoms with E-state index in [2.05, 4.69) is 70.4 Å². The van der Waals surface area contributed by atoms with Crippen LogP contribution in [0.5, 0.6) is 0 Å². The fraction of sp³-hybridized carbons (Fsp3) is 0.405. The Morgan fingerprint density at radius 1 is 1.11 bits per heavy atom. The molecule has 0 saturated carbocycles. The molecule has 0 aliphatic carbocycles. The zero-order valence-corrected chi connectivity index (χ0v) is 27.9. The summed E-state index contributed by atoms with van der Waals surface area (Å²) in [7, 11) is 0. The van der Waals surface area contributed by atoms with Crippen molar-refractivity contribution < 1.29 is 9.72 Å². The van der Waals surface area contributed by atoms with Gasteiger partial charge in [-0.25, -0.2) is 0 Å². The molecule has 2 aromatic heterocycles. The lowest BCUT2D eigenvalue weighted by Gasteiger charge is -2.31. The van der Waals surface area contributed by atoms with Gasteiger partial charge in [-0.3, -0.25) is 19.9 Å². The fourth-order valence-corrected chi connectivity index (χ4v) is 6.83. The van der Waals surface area contributed by atoms with Crippen LogP contribution in [0, 0.1) is 24.0 Å². The highest BCUT2D eigenvalue weighted by Gasteiger charge is 2.33. The Balaban J connectivity index is 1.47. The Bertz CT molecular complexity index is 1720. The van der Waals surface area contributed by atoms with Gasteiger partial charge >= 0.3 is 0 Å². The van der Waals surface area contributed by atoms with Crippen molar-refractivity contribution in [1.82, 2.24) is 25.1 Å². The normalized spacial score (nSPS) is 15.4. The number of aromatic nitrogens is 2. The Kier molecular flexibility index (Phi) is 9.79. The summed E-state index contributed by atoms with van der Waals surface area (Å²) < 4.78 is 0. The van der Waals surface area contributed by atoms with Gasteiger partial charge in [-0.05, 0) is 113 Å². The standard InChI is InChI=1S/C37H46N6O3/c1-7-41(8-2)36(44)37(5,6)30-9-10-33-32(22-30)31(35(40-33)29-20-25(3)19-26(4)21-29)13-17-39-34(24-43(45)46)42-18-14-28(23-42)27-11-15-38-16-12-27/h9-12,15-16,19-22,24,28,39-40H,7-8,13-14,17-18,23H2,1-6H3/b34-24-. The molecule has 9 nitrogen and oxygen atoms in total. The molecule has 1 aliphatic rings. The van der Waals surface area contributed by atoms with Crippen molar-refractivity contribution in [3.05, 3.63) is 111 Å². The van der Waals surface area contributed by atoms with Crippen LogP contribution in [-0.4, -0.2) is 63.3 Å². The Labute approximate surface area is 271 Å². The second-order valence-electron chi connectivity index (χ2n) is 12.9. The molecule has 0 radical (unpaired) electrons. The monoisotopic (exact) mass is 622 g/mol. The van der Waals surface area contributed by atoms with E-state index in [9.17, 15) is 14.9 Å². The molecule has 9 heteroatoms. The first-order valence-corrected chi connectivity index (χ1v) is 16.3. The number of pyridine rings is 1. The first-order chi connectivity index (χ1) is 22.0. The number of aromatic amines is 1. The van der Waals surface area contributed by atoms with Gasteiger partial charge in [-0.2, -0.15) is 0 Å². The van der Waals surface area contributed by atoms with Gasteiger partial charge in [0.25, 0.3) is 6.20 Å². The van der Waals surface area contributed by atoms with E-state index in [0.717, 1.165) is 52.5 Å². The predicted molar refractivity (Wildman–Crippen MR) is 184 cm³/mol. The maximum Gasteiger partial charge on any atom is 0.274 e. The highest BCUT2D eigenvalue weighted by molar-refractivity contribution is 5.94. The van der Waals surface area contributed by atoms with Crippen molar-refractivity contribution in [2.45, 2.75) is 65.7 Å². The van der Waals surface area contributed by atoms with Gasteiger partial charge in [0.1, 0.15) is 0 Å². The van der Waals surface area contributed by atoms with Crippen molar-refractivity contribution in [3.8, 4) is 11.3 Å². The van der Waals surface area contributed by atoms with E-state index in [4.69, 9.17) is 0 Å². The molecule has 0 spiro atoms. The SMILES string of the molecule is CCN(CC)C(=O)C(C)(C)c1ccc2[nH]c(-c3cc(C)cc(C)c3)c(CCN/C(=C/[N+](=O)[O-])N3CCC(c4ccncc4)C3)c2c1. The zero-order chi connectivity index (χ0) is 33.0. The van der Waals surface area contributed by atoms with E-state index < -0.39 is 5.41 Å². The van der Waals surface area contributed by atoms with Gasteiger partial charge in [0, 0.05) is 67.6 Å². The number of fused-ring (bicyclic) bond motifs is 1. The summed E-state index contributed by atoms with van der Waals surface area (Å²) in [5.74, 6) is 0.932. The van der Waals surface area contributed by atoms with Crippen molar-refractivity contribution in [3.63, 3.8) is 0 Å². The van der Waals surface area contributed by atoms with E-state index in [0.29, 0.717) is 44.3 Å². The average molecular weight is 623 g/mol. The number of carbonyl (C=O) groups excluding carboxylic acids is 1. The number of aryl methyl sites for hydroxylation is 2. The number of hydrogen-bond acceptors (Lipinski definition) is 6. The summed E-state index contributed by atoms with van der Waals surface area (Å²) in [6, 6.07) is 16.9. The minimum atomic E-state index is -0.699. The second-order valence-corrected chi connectivity index (χ2v) is 12.9. The number of carbonyl (C=O) groups is 1. The summed E-state index contributed by atoms with van der Waals surface area (Å²) in [5.41, 5.74) is 8.08. The number of likely N-dealkylation sites (tertiary alicyclic amines) is 1. The number of likely N-dealkylation sites (N-methyl/N-ethyl adjacent to an activating group) is 1. The summed E-state index contributed by atoms with van der Waals surface area (Å²) >= 11 is 0. The fourth-order valence-electron chi connectivity index (χ4n) is 6.83. The number of H-pyrrole nitrogens is 1. The third-order valence-corrected chi connectivity index (χ3v) is 9.34. The lowest BCUT2D eigenvalue weighted by atomic mass is 9.82. The minimum absolute atomic E-state index is 0.107. The van der Waals surface area contributed by atoms with Gasteiger partial charge in [-0.1, -0.05) is 23.3 Å². The summed E-state index contributed by atoms with van der Waals surface area (Å²) in [5, 5.41) is 16.2. The number of hydrogen-bond donors (Lipinski definition) is 2. The Hall–Kier alpha value is -4.66. The van der Waals surface area contributed by atoms with Crippen molar-refractivity contribution in [1.29, 1.82) is 0 Å². The van der Waals surface area contributed by atoms with Gasteiger partial charge < -0.3 is 20.1 Å². The molecular formula is C37H46N6O3. The van der Waals surface area contributed by atoms with Crippen LogP contribution in [0.2, 0.25) is 0 Å². The number of rotatable bonds is 12. The number of amides is 1. The van der Waals surface area contributed by atoms with Crippen LogP contribution < -0.4 is 5.32 Å². The van der Waals surface area contributed by atoms with E-state index >= 15 is 0 Å². The largest absolute Gasteiger partial charge is 0.366 e. The third-order valence-electron chi connectivity index (χ3n) is 9.34. The molecule has 1 atom stereocenters. The third kappa shape index (κ3) is 6.93. The first-order valence-electron chi connectivity index (χ1n) is 16.3. The highest BCUT2D eigenvalue weighted by Crippen LogP contribution is 2.36. The Morgan fingerprint density at radius 3 is 2.46 bits per heavy atom. The Morgan fingerprint density at radius 2 is 1.80 bits per heavy atom. The number of benzene rings is 2. The quantitative estimate of drug-likeness (QED) is 0.135. The highest BCUT2D eigenvalue weighted by atomic mass is 16.6.